The van der Waals surface area contributed by atoms with Crippen LogP contribution in [-0.2, 0) is 45.2 Å². The minimum atomic E-state index is -2.53. The number of aliphatic carboxylic acids is 1. The van der Waals surface area contributed by atoms with Gasteiger partial charge in [0.25, 0.3) is 0 Å². The number of carbonyl (C=O) groups is 4. The van der Waals surface area contributed by atoms with Crippen LogP contribution in [-0.4, -0.2) is 75.3 Å². The Morgan fingerprint density at radius 3 is 2.12 bits per heavy atom. The number of carboxylic acid groups (broad SMARTS) is 1. The number of hydrogen-bond acceptors (Lipinski definition) is 12. The van der Waals surface area contributed by atoms with Crippen molar-refractivity contribution in [2.45, 2.75) is 73.6 Å². The van der Waals surface area contributed by atoms with Crippen molar-refractivity contribution in [3.63, 3.8) is 0 Å². The van der Waals surface area contributed by atoms with Crippen LogP contribution in [0.1, 0.15) is 60.1 Å². The molecule has 1 fully saturated rings. The Morgan fingerprint density at radius 2 is 1.47 bits per heavy atom. The van der Waals surface area contributed by atoms with Crippen molar-refractivity contribution in [1.82, 2.24) is 0 Å². The van der Waals surface area contributed by atoms with Crippen LogP contribution in [0.3, 0.4) is 0 Å². The smallest absolute Gasteiger partial charge is 0.353 e. The molecule has 3 aromatic carbocycles. The van der Waals surface area contributed by atoms with Gasteiger partial charge in [0, 0.05) is 16.7 Å². The van der Waals surface area contributed by atoms with Crippen molar-refractivity contribution < 1.29 is 63.3 Å². The van der Waals surface area contributed by atoms with Crippen LogP contribution < -0.4 is 9.47 Å². The number of rotatable bonds is 11. The number of aliphatic hydroxyl groups excluding tert-OH is 2. The Labute approximate surface area is 292 Å². The van der Waals surface area contributed by atoms with E-state index in [0.29, 0.717) is 24.3 Å². The fourth-order valence-electron chi connectivity index (χ4n) is 8.25. The zero-order valence-electron chi connectivity index (χ0n) is 27.5. The molecule has 1 saturated carbocycles. The monoisotopic (exact) mass is 700 g/mol. The van der Waals surface area contributed by atoms with Crippen LogP contribution in [0.25, 0.3) is 0 Å². The fraction of sp³-hybridized carbons (Fsp3) is 0.368. The third-order valence-corrected chi connectivity index (χ3v) is 10.6. The highest BCUT2D eigenvalue weighted by molar-refractivity contribution is 5.88. The molecule has 1 heterocycles. The second-order valence-electron chi connectivity index (χ2n) is 13.2. The molecule has 2 bridgehead atoms. The molecule has 13 heteroatoms. The molecule has 7 rings (SSSR count). The predicted molar refractivity (Wildman–Crippen MR) is 174 cm³/mol. The zero-order valence-corrected chi connectivity index (χ0v) is 27.5. The lowest BCUT2D eigenvalue weighted by atomic mass is 9.47. The maximum atomic E-state index is 13.3. The Bertz CT molecular complexity index is 1890. The summed E-state index contributed by atoms with van der Waals surface area (Å²) in [5.41, 5.74) is -0.115. The minimum Gasteiger partial charge on any atom is -0.493 e. The Hall–Kier alpha value is -5.24. The summed E-state index contributed by atoms with van der Waals surface area (Å²) in [5, 5.41) is 43.6. The maximum absolute atomic E-state index is 13.3. The molecule has 4 aliphatic rings. The molecule has 3 aromatic rings. The summed E-state index contributed by atoms with van der Waals surface area (Å²) in [7, 11) is 1.50. The van der Waals surface area contributed by atoms with Crippen molar-refractivity contribution in [3.8, 4) is 11.5 Å². The van der Waals surface area contributed by atoms with Crippen LogP contribution in [0.5, 0.6) is 11.5 Å². The van der Waals surface area contributed by atoms with E-state index in [-0.39, 0.29) is 29.2 Å². The van der Waals surface area contributed by atoms with Crippen molar-refractivity contribution in [3.05, 3.63) is 107 Å². The second-order valence-corrected chi connectivity index (χ2v) is 13.2. The minimum absolute atomic E-state index is 0.00223. The first-order valence-corrected chi connectivity index (χ1v) is 16.6. The van der Waals surface area contributed by atoms with Gasteiger partial charge in [-0.2, -0.15) is 0 Å². The summed E-state index contributed by atoms with van der Waals surface area (Å²) in [6, 6.07) is 18.9. The molecule has 266 valence electrons. The van der Waals surface area contributed by atoms with Gasteiger partial charge >= 0.3 is 23.9 Å². The molecule has 0 amide bonds. The third-order valence-electron chi connectivity index (χ3n) is 10.6. The lowest BCUT2D eigenvalue weighted by Gasteiger charge is -2.59. The summed E-state index contributed by atoms with van der Waals surface area (Å²) >= 11 is 0. The summed E-state index contributed by atoms with van der Waals surface area (Å²) < 4.78 is 28.1. The van der Waals surface area contributed by atoms with E-state index in [1.807, 2.05) is 6.07 Å². The molecule has 1 spiro atoms. The van der Waals surface area contributed by atoms with Crippen molar-refractivity contribution in [2.75, 3.05) is 7.11 Å². The lowest BCUT2D eigenvalue weighted by Crippen LogP contribution is -2.67. The number of benzene rings is 3. The van der Waals surface area contributed by atoms with Gasteiger partial charge < -0.3 is 44.1 Å². The number of methoxy groups -OCH3 is 1. The number of ether oxygens (including phenoxy) is 5. The maximum Gasteiger partial charge on any atom is 0.353 e. The Balaban J connectivity index is 1.09. The number of hydrogen-bond donors (Lipinski definition) is 4. The zero-order chi connectivity index (χ0) is 36.1. The number of carbonyl (C=O) groups excluding carboxylic acids is 3. The van der Waals surface area contributed by atoms with Gasteiger partial charge in [-0.1, -0.05) is 73.2 Å². The van der Waals surface area contributed by atoms with Crippen LogP contribution in [0.15, 0.2) is 84.6 Å². The predicted octanol–water partition coefficient (Wildman–Crippen LogP) is 2.99. The fourth-order valence-corrected chi connectivity index (χ4v) is 8.25. The van der Waals surface area contributed by atoms with Gasteiger partial charge in [-0.15, -0.1) is 0 Å². The molecule has 8 atom stereocenters. The molecule has 51 heavy (non-hydrogen) atoms. The summed E-state index contributed by atoms with van der Waals surface area (Å²) in [4.78, 5) is 51.8. The van der Waals surface area contributed by atoms with Gasteiger partial charge in [-0.25, -0.2) is 19.2 Å². The van der Waals surface area contributed by atoms with Crippen LogP contribution >= 0.6 is 0 Å². The molecule has 3 aliphatic carbocycles. The summed E-state index contributed by atoms with van der Waals surface area (Å²) in [6.07, 6.45) is -5.13. The topological polar surface area (TPSA) is 195 Å². The van der Waals surface area contributed by atoms with E-state index in [1.54, 1.807) is 30.3 Å². The van der Waals surface area contributed by atoms with E-state index < -0.39 is 65.4 Å². The number of esters is 3. The summed E-state index contributed by atoms with van der Waals surface area (Å²) in [5.74, 6) is -4.91. The molecule has 1 aliphatic heterocycles. The van der Waals surface area contributed by atoms with Gasteiger partial charge in [-0.3, -0.25) is 0 Å². The first-order valence-electron chi connectivity index (χ1n) is 16.6. The van der Waals surface area contributed by atoms with Gasteiger partial charge in [-0.05, 0) is 49.3 Å². The van der Waals surface area contributed by atoms with Gasteiger partial charge in [0.2, 0.25) is 12.2 Å². The van der Waals surface area contributed by atoms with Crippen LogP contribution in [0, 0.1) is 5.92 Å². The Kier molecular flexibility index (Phi) is 8.82. The third kappa shape index (κ3) is 5.52. The van der Waals surface area contributed by atoms with Crippen molar-refractivity contribution in [1.29, 1.82) is 0 Å². The average molecular weight is 701 g/mol. The van der Waals surface area contributed by atoms with E-state index in [2.05, 4.69) is 0 Å². The van der Waals surface area contributed by atoms with E-state index >= 15 is 0 Å². The first-order chi connectivity index (χ1) is 24.5. The van der Waals surface area contributed by atoms with E-state index in [4.69, 9.17) is 23.7 Å². The normalized spacial score (nSPS) is 26.2. The molecule has 4 N–H and O–H groups in total. The molecule has 0 saturated heterocycles. The van der Waals surface area contributed by atoms with E-state index in [1.165, 1.54) is 49.6 Å². The van der Waals surface area contributed by atoms with Crippen LogP contribution in [0.4, 0.5) is 0 Å². The van der Waals surface area contributed by atoms with Gasteiger partial charge in [0.05, 0.1) is 18.1 Å². The lowest BCUT2D eigenvalue weighted by molar-refractivity contribution is -0.187. The SMILES string of the molecule is COc1ccc2c3c1O[C@@H]1C(OC(=O)[C@H](O)[C@@H](O)C(=O)O[C@H](C(=O)O[C@H](C(=O)O)c4ccccc4)c4ccccc4)=CC[C@]4(O)[C@@H](CCC[C@@]314)C2. The molecule has 13 nitrogen and oxygen atoms in total. The highest BCUT2D eigenvalue weighted by atomic mass is 16.6. The first kappa shape index (κ1) is 34.2. The highest BCUT2D eigenvalue weighted by Crippen LogP contribution is 2.67. The van der Waals surface area contributed by atoms with Crippen LogP contribution in [0.2, 0.25) is 0 Å². The highest BCUT2D eigenvalue weighted by Gasteiger charge is 2.71. The van der Waals surface area contributed by atoms with E-state index in [9.17, 15) is 39.6 Å². The average Bonchev–Trinajstić information content (AvgIpc) is 3.49. The van der Waals surface area contributed by atoms with Gasteiger partial charge in [0.15, 0.2) is 29.8 Å². The largest absolute Gasteiger partial charge is 0.493 e. The molecule has 0 aromatic heterocycles. The number of carboxylic acids is 1. The Morgan fingerprint density at radius 1 is 0.843 bits per heavy atom. The van der Waals surface area contributed by atoms with Gasteiger partial charge in [0.1, 0.15) is 5.76 Å². The molecular formula is C38H36O13. The molecular weight excluding hydrogens is 664 g/mol. The quantitative estimate of drug-likeness (QED) is 0.169. The molecule has 0 unspecified atom stereocenters. The summed E-state index contributed by atoms with van der Waals surface area (Å²) in [6.45, 7) is 0. The second kappa shape index (κ2) is 13.1. The standard InChI is InChI=1S/C38H36O13/c1-47-24-15-14-22-19-23-13-8-17-37-26(22)31(24)49-32(37)25(16-18-38(23,37)46)48-34(43)27(39)28(40)35(44)51-30(21-11-6-3-7-12-21)36(45)50-29(33(41)42)20-9-4-2-5-10-20/h2-7,9-12,14-16,23,27-30,32,39-40,46H,8,13,17-19H2,1H3,(H,41,42)/t23-,27+,28+,29-,30-,32+,37+,38-/m0/s1. The van der Waals surface area contributed by atoms with Crippen molar-refractivity contribution >= 4 is 23.9 Å². The van der Waals surface area contributed by atoms with E-state index in [0.717, 1.165) is 24.0 Å². The molecule has 0 radical (unpaired) electrons. The van der Waals surface area contributed by atoms with Crippen molar-refractivity contribution in [2.24, 2.45) is 5.92 Å². The number of aliphatic hydroxyl groups is 3.